The third-order valence-electron chi connectivity index (χ3n) is 4.85. The molecule has 0 aromatic heterocycles. The highest BCUT2D eigenvalue weighted by Crippen LogP contribution is 2.33. The number of fused-ring (bicyclic) bond motifs is 1. The maximum Gasteiger partial charge on any atom is 0.161 e. The monoisotopic (exact) mass is 320 g/mol. The molecule has 0 N–H and O–H groups in total. The Kier molecular flexibility index (Phi) is 5.75. The molecule has 0 radical (unpaired) electrons. The van der Waals surface area contributed by atoms with Gasteiger partial charge in [0.2, 0.25) is 0 Å². The summed E-state index contributed by atoms with van der Waals surface area (Å²) >= 11 is 0. The van der Waals surface area contributed by atoms with Crippen LogP contribution in [-0.4, -0.2) is 70.0 Å². The van der Waals surface area contributed by atoms with Gasteiger partial charge in [-0.25, -0.2) is 0 Å². The molecule has 23 heavy (non-hydrogen) atoms. The largest absolute Gasteiger partial charge is 0.493 e. The Morgan fingerprint density at radius 1 is 0.913 bits per heavy atom. The van der Waals surface area contributed by atoms with Gasteiger partial charge in [-0.2, -0.15) is 0 Å². The first-order valence-electron chi connectivity index (χ1n) is 8.56. The van der Waals surface area contributed by atoms with Crippen LogP contribution in [0.5, 0.6) is 11.5 Å². The quantitative estimate of drug-likeness (QED) is 0.798. The van der Waals surface area contributed by atoms with Crippen molar-refractivity contribution in [1.82, 2.24) is 9.80 Å². The molecule has 0 bridgehead atoms. The number of ether oxygens (including phenoxy) is 3. The Labute approximate surface area is 139 Å². The number of rotatable bonds is 6. The summed E-state index contributed by atoms with van der Waals surface area (Å²) in [5, 5.41) is 0. The van der Waals surface area contributed by atoms with Gasteiger partial charge >= 0.3 is 0 Å². The molecule has 3 rings (SSSR count). The highest BCUT2D eigenvalue weighted by molar-refractivity contribution is 5.48. The first-order valence-corrected chi connectivity index (χ1v) is 8.56. The maximum atomic E-state index is 5.44. The van der Waals surface area contributed by atoms with Crippen molar-refractivity contribution in [2.24, 2.45) is 0 Å². The van der Waals surface area contributed by atoms with Crippen molar-refractivity contribution in [1.29, 1.82) is 0 Å². The fourth-order valence-corrected chi connectivity index (χ4v) is 3.48. The second-order valence-corrected chi connectivity index (χ2v) is 6.31. The minimum atomic E-state index is 0.835. The van der Waals surface area contributed by atoms with Gasteiger partial charge < -0.3 is 14.2 Å². The highest BCUT2D eigenvalue weighted by atomic mass is 16.5. The zero-order chi connectivity index (χ0) is 16.1. The van der Waals surface area contributed by atoms with Crippen molar-refractivity contribution in [2.75, 3.05) is 60.2 Å². The van der Waals surface area contributed by atoms with Crippen LogP contribution in [0, 0.1) is 0 Å². The summed E-state index contributed by atoms with van der Waals surface area (Å²) in [6, 6.07) is 4.28. The Balaban J connectivity index is 1.52. The average molecular weight is 320 g/mol. The van der Waals surface area contributed by atoms with Gasteiger partial charge in [0.05, 0.1) is 27.4 Å². The van der Waals surface area contributed by atoms with E-state index in [-0.39, 0.29) is 0 Å². The standard InChI is InChI=1S/C18H28N2O3/c1-21-17-12-15-4-7-20(14-16(15)13-18(17)22-2)6-3-5-19-8-10-23-11-9-19/h12-13H,3-11,14H2,1-2H3. The van der Waals surface area contributed by atoms with Crippen molar-refractivity contribution in [3.05, 3.63) is 23.3 Å². The van der Waals surface area contributed by atoms with Crippen LogP contribution in [0.15, 0.2) is 12.1 Å². The van der Waals surface area contributed by atoms with E-state index in [9.17, 15) is 0 Å². The minimum absolute atomic E-state index is 0.835. The molecule has 1 saturated heterocycles. The van der Waals surface area contributed by atoms with Gasteiger partial charge in [-0.15, -0.1) is 0 Å². The van der Waals surface area contributed by atoms with Gasteiger partial charge in [-0.3, -0.25) is 9.80 Å². The van der Waals surface area contributed by atoms with E-state index in [0.29, 0.717) is 0 Å². The SMILES string of the molecule is COc1cc2c(cc1OC)CN(CCCN1CCOCC1)CC2. The predicted octanol–water partition coefficient (Wildman–Crippen LogP) is 1.78. The molecule has 2 heterocycles. The molecule has 1 fully saturated rings. The highest BCUT2D eigenvalue weighted by Gasteiger charge is 2.19. The number of methoxy groups -OCH3 is 2. The van der Waals surface area contributed by atoms with Gasteiger partial charge in [-0.1, -0.05) is 0 Å². The molecule has 0 amide bonds. The van der Waals surface area contributed by atoms with Crippen LogP contribution in [0.1, 0.15) is 17.5 Å². The van der Waals surface area contributed by atoms with Crippen LogP contribution in [0.2, 0.25) is 0 Å². The number of morpholine rings is 1. The lowest BCUT2D eigenvalue weighted by Gasteiger charge is -2.31. The van der Waals surface area contributed by atoms with E-state index in [2.05, 4.69) is 21.9 Å². The second kappa shape index (κ2) is 7.99. The van der Waals surface area contributed by atoms with E-state index in [4.69, 9.17) is 14.2 Å². The van der Waals surface area contributed by atoms with Gasteiger partial charge in [0.25, 0.3) is 0 Å². The van der Waals surface area contributed by atoms with E-state index in [1.54, 1.807) is 14.2 Å². The van der Waals surface area contributed by atoms with Crippen molar-refractivity contribution in [3.8, 4) is 11.5 Å². The third kappa shape index (κ3) is 4.16. The van der Waals surface area contributed by atoms with Crippen LogP contribution in [-0.2, 0) is 17.7 Å². The molecule has 1 aromatic rings. The summed E-state index contributed by atoms with van der Waals surface area (Å²) in [6.07, 6.45) is 2.32. The third-order valence-corrected chi connectivity index (χ3v) is 4.85. The molecule has 0 unspecified atom stereocenters. The molecular weight excluding hydrogens is 292 g/mol. The fraction of sp³-hybridized carbons (Fsp3) is 0.667. The first kappa shape index (κ1) is 16.6. The van der Waals surface area contributed by atoms with Gasteiger partial charge in [0, 0.05) is 26.2 Å². The molecule has 0 spiro atoms. The molecule has 0 saturated carbocycles. The van der Waals surface area contributed by atoms with E-state index >= 15 is 0 Å². The Morgan fingerprint density at radius 2 is 1.57 bits per heavy atom. The zero-order valence-electron chi connectivity index (χ0n) is 14.3. The van der Waals surface area contributed by atoms with Crippen molar-refractivity contribution < 1.29 is 14.2 Å². The number of nitrogens with zero attached hydrogens (tertiary/aromatic N) is 2. The van der Waals surface area contributed by atoms with Crippen LogP contribution in [0.3, 0.4) is 0 Å². The van der Waals surface area contributed by atoms with Crippen molar-refractivity contribution in [3.63, 3.8) is 0 Å². The summed E-state index contributed by atoms with van der Waals surface area (Å²) in [6.45, 7) is 8.42. The molecule has 0 aliphatic carbocycles. The number of hydrogen-bond acceptors (Lipinski definition) is 5. The molecule has 5 nitrogen and oxygen atoms in total. The Morgan fingerprint density at radius 3 is 2.26 bits per heavy atom. The molecule has 0 atom stereocenters. The summed E-state index contributed by atoms with van der Waals surface area (Å²) < 4.78 is 16.2. The molecule has 2 aliphatic rings. The molecule has 128 valence electrons. The summed E-state index contributed by atoms with van der Waals surface area (Å²) in [5.41, 5.74) is 2.77. The molecular formula is C18H28N2O3. The summed E-state index contributed by atoms with van der Waals surface area (Å²) in [7, 11) is 3.40. The van der Waals surface area contributed by atoms with Crippen LogP contribution in [0.4, 0.5) is 0 Å². The molecule has 1 aromatic carbocycles. The summed E-state index contributed by atoms with van der Waals surface area (Å²) in [5.74, 6) is 1.67. The predicted molar refractivity (Wildman–Crippen MR) is 90.4 cm³/mol. The molecule has 5 heteroatoms. The van der Waals surface area contributed by atoms with E-state index < -0.39 is 0 Å². The second-order valence-electron chi connectivity index (χ2n) is 6.31. The normalized spacial score (nSPS) is 19.4. The van der Waals surface area contributed by atoms with Crippen molar-refractivity contribution >= 4 is 0 Å². The summed E-state index contributed by atoms with van der Waals surface area (Å²) in [4.78, 5) is 5.06. The van der Waals surface area contributed by atoms with E-state index in [0.717, 1.165) is 63.9 Å². The van der Waals surface area contributed by atoms with Crippen LogP contribution in [0.25, 0.3) is 0 Å². The van der Waals surface area contributed by atoms with Crippen LogP contribution >= 0.6 is 0 Å². The van der Waals surface area contributed by atoms with Crippen molar-refractivity contribution in [2.45, 2.75) is 19.4 Å². The molecule has 2 aliphatic heterocycles. The minimum Gasteiger partial charge on any atom is -0.493 e. The average Bonchev–Trinajstić information content (AvgIpc) is 2.61. The number of hydrogen-bond donors (Lipinski definition) is 0. The van der Waals surface area contributed by atoms with Gasteiger partial charge in [-0.05, 0) is 49.2 Å². The first-order chi connectivity index (χ1) is 11.3. The zero-order valence-corrected chi connectivity index (χ0v) is 14.3. The Hall–Kier alpha value is -1.30. The topological polar surface area (TPSA) is 34.2 Å². The van der Waals surface area contributed by atoms with E-state index in [1.165, 1.54) is 24.1 Å². The lowest BCUT2D eigenvalue weighted by atomic mass is 9.98. The maximum absolute atomic E-state index is 5.44. The van der Waals surface area contributed by atoms with E-state index in [1.807, 2.05) is 0 Å². The lowest BCUT2D eigenvalue weighted by Crippen LogP contribution is -2.38. The van der Waals surface area contributed by atoms with Gasteiger partial charge in [0.15, 0.2) is 11.5 Å². The smallest absolute Gasteiger partial charge is 0.161 e. The Bertz CT molecular complexity index is 515. The van der Waals surface area contributed by atoms with Gasteiger partial charge in [0.1, 0.15) is 0 Å². The van der Waals surface area contributed by atoms with Crippen LogP contribution < -0.4 is 9.47 Å². The fourth-order valence-electron chi connectivity index (χ4n) is 3.48. The lowest BCUT2D eigenvalue weighted by molar-refractivity contribution is 0.0359. The number of benzene rings is 1.